The van der Waals surface area contributed by atoms with Crippen LogP contribution in [0.1, 0.15) is 6.23 Å². The lowest BCUT2D eigenvalue weighted by Gasteiger charge is -2.16. The van der Waals surface area contributed by atoms with Crippen molar-refractivity contribution >= 4 is 22.6 Å². The van der Waals surface area contributed by atoms with Crippen LogP contribution in [0.2, 0.25) is 0 Å². The number of ether oxygens (including phenoxy) is 1. The Labute approximate surface area is 119 Å². The van der Waals surface area contributed by atoms with Crippen molar-refractivity contribution in [3.8, 4) is 0 Å². The molecule has 2 N–H and O–H groups in total. The van der Waals surface area contributed by atoms with Gasteiger partial charge in [0.05, 0.1) is 28.9 Å². The van der Waals surface area contributed by atoms with Crippen LogP contribution in [-0.2, 0) is 4.74 Å². The van der Waals surface area contributed by atoms with Crippen molar-refractivity contribution in [3.63, 3.8) is 0 Å². The summed E-state index contributed by atoms with van der Waals surface area (Å²) in [5, 5.41) is 9.01. The number of H-pyrrole nitrogens is 1. The van der Waals surface area contributed by atoms with Gasteiger partial charge in [0.15, 0.2) is 12.4 Å². The predicted octanol–water partition coefficient (Wildman–Crippen LogP) is -0.0453. The highest BCUT2D eigenvalue weighted by atomic mass is 127. The summed E-state index contributed by atoms with van der Waals surface area (Å²) in [6.45, 7) is -1.54. The number of aliphatic hydroxyl groups is 1. The third-order valence-corrected chi connectivity index (χ3v) is 3.80. The van der Waals surface area contributed by atoms with E-state index in [2.05, 4.69) is 0 Å². The van der Waals surface area contributed by atoms with E-state index in [1.54, 1.807) is 22.6 Å². The number of nitrogens with one attached hydrogen (secondary N) is 1. The van der Waals surface area contributed by atoms with Crippen LogP contribution < -0.4 is 11.2 Å². The smallest absolute Gasteiger partial charge is 0.330 e. The first-order chi connectivity index (χ1) is 8.99. The van der Waals surface area contributed by atoms with Crippen molar-refractivity contribution in [2.24, 2.45) is 5.92 Å². The molecule has 6 nitrogen and oxygen atoms in total. The van der Waals surface area contributed by atoms with Crippen molar-refractivity contribution in [1.82, 2.24) is 9.55 Å². The SMILES string of the molecule is O=c1[nH]c(=O)n([C@@H]2O[C@H](CO)[C@@H](CF)[C@H]2F)cc1I. The maximum absolute atomic E-state index is 14.1. The summed E-state index contributed by atoms with van der Waals surface area (Å²) in [6.07, 6.45) is -2.99. The molecule has 0 spiro atoms. The summed E-state index contributed by atoms with van der Waals surface area (Å²) in [5.74, 6) is -1.13. The van der Waals surface area contributed by atoms with E-state index in [0.717, 1.165) is 10.8 Å². The zero-order valence-electron chi connectivity index (χ0n) is 9.55. The highest BCUT2D eigenvalue weighted by Gasteiger charge is 2.46. The fourth-order valence-corrected chi connectivity index (χ4v) is 2.44. The normalized spacial score (nSPS) is 30.7. The Bertz CT molecular complexity index is 575. The van der Waals surface area contributed by atoms with Crippen LogP contribution in [0, 0.1) is 9.49 Å². The van der Waals surface area contributed by atoms with Gasteiger partial charge in [0.1, 0.15) is 0 Å². The standard InChI is InChI=1S/C10H11F2IN2O4/c11-1-4-6(3-16)19-9(7(4)12)15-2-5(13)8(17)14-10(15)18/h2,4,6-7,9,16H,1,3H2,(H,14,17,18)/t4-,6-,7-,9-/m1/s1. The number of nitrogens with zero attached hydrogens (tertiary/aromatic N) is 1. The second kappa shape index (κ2) is 5.67. The fourth-order valence-electron chi connectivity index (χ4n) is 2.00. The largest absolute Gasteiger partial charge is 0.394 e. The lowest BCUT2D eigenvalue weighted by Crippen LogP contribution is -2.36. The molecular formula is C10H11F2IN2O4. The molecule has 19 heavy (non-hydrogen) atoms. The molecule has 9 heteroatoms. The molecule has 2 rings (SSSR count). The fraction of sp³-hybridized carbons (Fsp3) is 0.600. The molecule has 2 heterocycles. The minimum atomic E-state index is -1.78. The second-order valence-electron chi connectivity index (χ2n) is 4.15. The number of alkyl halides is 2. The molecule has 0 unspecified atom stereocenters. The number of hydrogen-bond acceptors (Lipinski definition) is 4. The topological polar surface area (TPSA) is 84.3 Å². The molecule has 1 aliphatic rings. The summed E-state index contributed by atoms with van der Waals surface area (Å²) < 4.78 is 33.0. The van der Waals surface area contributed by atoms with Crippen LogP contribution >= 0.6 is 22.6 Å². The van der Waals surface area contributed by atoms with Gasteiger partial charge in [-0.3, -0.25) is 18.7 Å². The van der Waals surface area contributed by atoms with Crippen molar-refractivity contribution in [3.05, 3.63) is 30.6 Å². The van der Waals surface area contributed by atoms with Gasteiger partial charge in [-0.05, 0) is 22.6 Å². The lowest BCUT2D eigenvalue weighted by molar-refractivity contribution is -0.0432. The first kappa shape index (κ1) is 14.6. The molecule has 0 saturated carbocycles. The van der Waals surface area contributed by atoms with Crippen LogP contribution in [0.15, 0.2) is 15.8 Å². The molecule has 4 atom stereocenters. The van der Waals surface area contributed by atoms with Gasteiger partial charge in [0, 0.05) is 6.20 Å². The first-order valence-corrected chi connectivity index (χ1v) is 6.54. The van der Waals surface area contributed by atoms with Crippen molar-refractivity contribution < 1.29 is 18.6 Å². The number of rotatable bonds is 3. The minimum Gasteiger partial charge on any atom is -0.394 e. The van der Waals surface area contributed by atoms with Crippen LogP contribution in [-0.4, -0.2) is 40.2 Å². The number of aromatic amines is 1. The Morgan fingerprint density at radius 3 is 2.74 bits per heavy atom. The molecule has 106 valence electrons. The van der Waals surface area contributed by atoms with Crippen molar-refractivity contribution in [2.75, 3.05) is 13.3 Å². The van der Waals surface area contributed by atoms with E-state index in [9.17, 15) is 18.4 Å². The Morgan fingerprint density at radius 2 is 2.21 bits per heavy atom. The van der Waals surface area contributed by atoms with Crippen LogP contribution in [0.5, 0.6) is 0 Å². The van der Waals surface area contributed by atoms with Gasteiger partial charge in [0.2, 0.25) is 0 Å². The number of halogens is 3. The quantitative estimate of drug-likeness (QED) is 0.712. The van der Waals surface area contributed by atoms with E-state index in [4.69, 9.17) is 9.84 Å². The van der Waals surface area contributed by atoms with Gasteiger partial charge >= 0.3 is 5.69 Å². The third kappa shape index (κ3) is 2.58. The molecule has 1 saturated heterocycles. The van der Waals surface area contributed by atoms with Gasteiger partial charge in [-0.2, -0.15) is 0 Å². The zero-order valence-corrected chi connectivity index (χ0v) is 11.7. The average Bonchev–Trinajstić information content (AvgIpc) is 2.70. The maximum Gasteiger partial charge on any atom is 0.330 e. The average molecular weight is 388 g/mol. The number of aliphatic hydroxyl groups excluding tert-OH is 1. The summed E-state index contributed by atoms with van der Waals surface area (Å²) in [6, 6.07) is 0. The summed E-state index contributed by atoms with van der Waals surface area (Å²) in [4.78, 5) is 24.8. The van der Waals surface area contributed by atoms with Crippen molar-refractivity contribution in [2.45, 2.75) is 18.5 Å². The molecule has 0 radical (unpaired) electrons. The van der Waals surface area contributed by atoms with E-state index >= 15 is 0 Å². The first-order valence-electron chi connectivity index (χ1n) is 5.47. The van der Waals surface area contributed by atoms with E-state index in [1.807, 2.05) is 4.98 Å². The Balaban J connectivity index is 2.41. The predicted molar refractivity (Wildman–Crippen MR) is 69.4 cm³/mol. The summed E-state index contributed by atoms with van der Waals surface area (Å²) in [5.41, 5.74) is -1.43. The monoisotopic (exact) mass is 388 g/mol. The van der Waals surface area contributed by atoms with E-state index < -0.39 is 49.0 Å². The van der Waals surface area contributed by atoms with Crippen LogP contribution in [0.25, 0.3) is 0 Å². The molecule has 0 aliphatic carbocycles. The van der Waals surface area contributed by atoms with Gasteiger partial charge in [-0.1, -0.05) is 0 Å². The number of aromatic nitrogens is 2. The van der Waals surface area contributed by atoms with E-state index in [-0.39, 0.29) is 3.57 Å². The molecule has 1 aromatic rings. The summed E-state index contributed by atoms with van der Waals surface area (Å²) in [7, 11) is 0. The summed E-state index contributed by atoms with van der Waals surface area (Å²) >= 11 is 1.68. The molecule has 0 bridgehead atoms. The lowest BCUT2D eigenvalue weighted by atomic mass is 10.0. The van der Waals surface area contributed by atoms with E-state index in [1.165, 1.54) is 0 Å². The highest BCUT2D eigenvalue weighted by Crippen LogP contribution is 2.35. The molecule has 0 aromatic carbocycles. The van der Waals surface area contributed by atoms with Gasteiger partial charge in [-0.15, -0.1) is 0 Å². The maximum atomic E-state index is 14.1. The molecule has 1 fully saturated rings. The Morgan fingerprint density at radius 1 is 1.53 bits per heavy atom. The molecular weight excluding hydrogens is 377 g/mol. The van der Waals surface area contributed by atoms with Gasteiger partial charge in [-0.25, -0.2) is 9.18 Å². The van der Waals surface area contributed by atoms with Crippen LogP contribution in [0.3, 0.4) is 0 Å². The second-order valence-corrected chi connectivity index (χ2v) is 5.32. The zero-order chi connectivity index (χ0) is 14.2. The van der Waals surface area contributed by atoms with Crippen molar-refractivity contribution in [1.29, 1.82) is 0 Å². The third-order valence-electron chi connectivity index (χ3n) is 3.03. The number of hydrogen-bond donors (Lipinski definition) is 2. The Kier molecular flexibility index (Phi) is 4.36. The highest BCUT2D eigenvalue weighted by molar-refractivity contribution is 14.1. The molecule has 0 amide bonds. The Hall–Kier alpha value is -0.810. The van der Waals surface area contributed by atoms with Gasteiger partial charge < -0.3 is 9.84 Å². The minimum absolute atomic E-state index is 0.178. The van der Waals surface area contributed by atoms with Crippen LogP contribution in [0.4, 0.5) is 8.78 Å². The van der Waals surface area contributed by atoms with Gasteiger partial charge in [0.25, 0.3) is 5.56 Å². The molecule has 1 aromatic heterocycles. The van der Waals surface area contributed by atoms with E-state index in [0.29, 0.717) is 0 Å². The molecule has 1 aliphatic heterocycles.